The Morgan fingerprint density at radius 2 is 2.12 bits per heavy atom. The average Bonchev–Trinajstić information content (AvgIpc) is 2.73. The van der Waals surface area contributed by atoms with Gasteiger partial charge in [0.25, 0.3) is 0 Å². The van der Waals surface area contributed by atoms with Crippen molar-refractivity contribution in [2.75, 3.05) is 0 Å². The maximum Gasteiger partial charge on any atom is 0.136 e. The third kappa shape index (κ3) is 2.42. The molecule has 0 spiro atoms. The van der Waals surface area contributed by atoms with E-state index in [2.05, 4.69) is 16.9 Å². The highest BCUT2D eigenvalue weighted by Gasteiger charge is 2.11. The Labute approximate surface area is 95.5 Å². The van der Waals surface area contributed by atoms with Gasteiger partial charge in [-0.2, -0.15) is 0 Å². The summed E-state index contributed by atoms with van der Waals surface area (Å²) in [6.45, 7) is 2.16. The average molecular weight is 218 g/mol. The van der Waals surface area contributed by atoms with E-state index in [9.17, 15) is 5.11 Å². The minimum absolute atomic E-state index is 0.459. The summed E-state index contributed by atoms with van der Waals surface area (Å²) in [5.41, 5.74) is 1.92. The van der Waals surface area contributed by atoms with Gasteiger partial charge in [-0.05, 0) is 18.6 Å². The van der Waals surface area contributed by atoms with E-state index in [0.29, 0.717) is 5.82 Å². The summed E-state index contributed by atoms with van der Waals surface area (Å²) in [7, 11) is 0. The molecule has 1 unspecified atom stereocenters. The number of H-pyrrole nitrogens is 1. The molecule has 0 aliphatic heterocycles. The molecule has 0 saturated heterocycles. The highest BCUT2D eigenvalue weighted by Crippen LogP contribution is 2.20. The zero-order valence-electron chi connectivity index (χ0n) is 9.61. The molecule has 2 rings (SSSR count). The highest BCUT2D eigenvalue weighted by molar-refractivity contribution is 5.74. The van der Waals surface area contributed by atoms with Crippen molar-refractivity contribution in [3.05, 3.63) is 30.1 Å². The van der Waals surface area contributed by atoms with Crippen LogP contribution in [-0.2, 0) is 0 Å². The summed E-state index contributed by atoms with van der Waals surface area (Å²) < 4.78 is 0. The minimum Gasteiger partial charge on any atom is -0.385 e. The summed E-state index contributed by atoms with van der Waals surface area (Å²) in [6, 6.07) is 7.85. The van der Waals surface area contributed by atoms with E-state index in [1.54, 1.807) is 0 Å². The first kappa shape index (κ1) is 11.1. The molecule has 3 nitrogen and oxygen atoms in total. The van der Waals surface area contributed by atoms with Gasteiger partial charge in [0, 0.05) is 0 Å². The molecule has 3 heteroatoms. The largest absolute Gasteiger partial charge is 0.385 e. The van der Waals surface area contributed by atoms with Crippen LogP contribution in [0.5, 0.6) is 0 Å². The van der Waals surface area contributed by atoms with Crippen LogP contribution < -0.4 is 0 Å². The van der Waals surface area contributed by atoms with Gasteiger partial charge in [0.15, 0.2) is 0 Å². The molecule has 0 aliphatic rings. The van der Waals surface area contributed by atoms with Gasteiger partial charge in [-0.3, -0.25) is 0 Å². The molecule has 2 N–H and O–H groups in total. The minimum atomic E-state index is -0.459. The molecule has 0 fully saturated rings. The fraction of sp³-hybridized carbons (Fsp3) is 0.462. The second-order valence-electron chi connectivity index (χ2n) is 4.15. The Morgan fingerprint density at radius 1 is 1.31 bits per heavy atom. The smallest absolute Gasteiger partial charge is 0.136 e. The van der Waals surface area contributed by atoms with Crippen LogP contribution in [0.15, 0.2) is 24.3 Å². The Bertz CT molecular complexity index is 417. The van der Waals surface area contributed by atoms with Crippen molar-refractivity contribution in [2.24, 2.45) is 0 Å². The number of para-hydroxylation sites is 2. The fourth-order valence-corrected chi connectivity index (χ4v) is 1.85. The van der Waals surface area contributed by atoms with Crippen molar-refractivity contribution < 1.29 is 5.11 Å². The van der Waals surface area contributed by atoms with Crippen LogP contribution >= 0.6 is 0 Å². The van der Waals surface area contributed by atoms with Gasteiger partial charge in [0.05, 0.1) is 11.0 Å². The number of rotatable bonds is 5. The number of aromatic amines is 1. The number of nitrogens with one attached hydrogen (secondary N) is 1. The molecule has 0 radical (unpaired) electrons. The number of unbranched alkanes of at least 4 members (excludes halogenated alkanes) is 2. The maximum absolute atomic E-state index is 9.95. The summed E-state index contributed by atoms with van der Waals surface area (Å²) in [5, 5.41) is 9.95. The lowest BCUT2D eigenvalue weighted by Gasteiger charge is -2.06. The lowest BCUT2D eigenvalue weighted by Crippen LogP contribution is -1.99. The van der Waals surface area contributed by atoms with Crippen LogP contribution in [0.4, 0.5) is 0 Å². The van der Waals surface area contributed by atoms with Crippen molar-refractivity contribution in [2.45, 2.75) is 38.7 Å². The molecule has 1 atom stereocenters. The van der Waals surface area contributed by atoms with Crippen molar-refractivity contribution >= 4 is 11.0 Å². The summed E-state index contributed by atoms with van der Waals surface area (Å²) in [4.78, 5) is 7.55. The molecular weight excluding hydrogens is 200 g/mol. The van der Waals surface area contributed by atoms with Gasteiger partial charge in [-0.25, -0.2) is 4.98 Å². The van der Waals surface area contributed by atoms with Gasteiger partial charge in [0.1, 0.15) is 11.9 Å². The van der Waals surface area contributed by atoms with Crippen molar-refractivity contribution in [3.8, 4) is 0 Å². The van der Waals surface area contributed by atoms with Gasteiger partial charge in [-0.1, -0.05) is 38.3 Å². The predicted octanol–water partition coefficient (Wildman–Crippen LogP) is 3.18. The van der Waals surface area contributed by atoms with Gasteiger partial charge >= 0.3 is 0 Å². The number of nitrogens with zero attached hydrogens (tertiary/aromatic N) is 1. The van der Waals surface area contributed by atoms with Crippen molar-refractivity contribution in [1.29, 1.82) is 0 Å². The van der Waals surface area contributed by atoms with Crippen molar-refractivity contribution in [3.63, 3.8) is 0 Å². The second-order valence-corrected chi connectivity index (χ2v) is 4.15. The van der Waals surface area contributed by atoms with E-state index >= 15 is 0 Å². The molecule has 0 amide bonds. The Balaban J connectivity index is 2.07. The van der Waals surface area contributed by atoms with E-state index in [0.717, 1.165) is 30.3 Å². The molecule has 2 aromatic rings. The second kappa shape index (κ2) is 5.12. The SMILES string of the molecule is CCCCCC(O)c1nc2ccccc2[nH]1. The van der Waals surface area contributed by atoms with Gasteiger partial charge in [0.2, 0.25) is 0 Å². The first-order chi connectivity index (χ1) is 7.81. The molecule has 86 valence electrons. The molecule has 0 aliphatic carbocycles. The summed E-state index contributed by atoms with van der Waals surface area (Å²) in [5.74, 6) is 0.692. The number of aliphatic hydroxyl groups is 1. The zero-order valence-corrected chi connectivity index (χ0v) is 9.61. The van der Waals surface area contributed by atoms with E-state index in [-0.39, 0.29) is 0 Å². The van der Waals surface area contributed by atoms with Crippen LogP contribution in [0.2, 0.25) is 0 Å². The molecule has 0 bridgehead atoms. The topological polar surface area (TPSA) is 48.9 Å². The highest BCUT2D eigenvalue weighted by atomic mass is 16.3. The number of aliphatic hydroxyl groups excluding tert-OH is 1. The van der Waals surface area contributed by atoms with E-state index in [1.165, 1.54) is 6.42 Å². The van der Waals surface area contributed by atoms with Crippen LogP contribution in [0.3, 0.4) is 0 Å². The van der Waals surface area contributed by atoms with Gasteiger partial charge < -0.3 is 10.1 Å². The number of aromatic nitrogens is 2. The zero-order chi connectivity index (χ0) is 11.4. The third-order valence-corrected chi connectivity index (χ3v) is 2.80. The van der Waals surface area contributed by atoms with E-state index in [4.69, 9.17) is 0 Å². The number of hydrogen-bond donors (Lipinski definition) is 2. The fourth-order valence-electron chi connectivity index (χ4n) is 1.85. The Kier molecular flexibility index (Phi) is 3.57. The third-order valence-electron chi connectivity index (χ3n) is 2.80. The molecular formula is C13H18N2O. The lowest BCUT2D eigenvalue weighted by molar-refractivity contribution is 0.155. The van der Waals surface area contributed by atoms with Crippen LogP contribution in [0, 0.1) is 0 Å². The molecule has 0 saturated carbocycles. The van der Waals surface area contributed by atoms with Gasteiger partial charge in [-0.15, -0.1) is 0 Å². The number of hydrogen-bond acceptors (Lipinski definition) is 2. The summed E-state index contributed by atoms with van der Waals surface area (Å²) >= 11 is 0. The normalized spacial score (nSPS) is 13.1. The molecule has 1 aromatic heterocycles. The lowest BCUT2D eigenvalue weighted by atomic mass is 10.1. The summed E-state index contributed by atoms with van der Waals surface area (Å²) in [6.07, 6.45) is 3.71. The number of benzene rings is 1. The molecule has 1 heterocycles. The van der Waals surface area contributed by atoms with Crippen LogP contribution in [-0.4, -0.2) is 15.1 Å². The molecule has 16 heavy (non-hydrogen) atoms. The first-order valence-electron chi connectivity index (χ1n) is 5.94. The van der Waals surface area contributed by atoms with Crippen LogP contribution in [0.25, 0.3) is 11.0 Å². The maximum atomic E-state index is 9.95. The molecule has 1 aromatic carbocycles. The number of fused-ring (bicyclic) bond motifs is 1. The first-order valence-corrected chi connectivity index (χ1v) is 5.94. The Morgan fingerprint density at radius 3 is 2.88 bits per heavy atom. The van der Waals surface area contributed by atoms with E-state index < -0.39 is 6.10 Å². The van der Waals surface area contributed by atoms with Crippen molar-refractivity contribution in [1.82, 2.24) is 9.97 Å². The number of imidazole rings is 1. The standard InChI is InChI=1S/C13H18N2O/c1-2-3-4-9-12(16)13-14-10-7-5-6-8-11(10)15-13/h5-8,12,16H,2-4,9H2,1H3,(H,14,15). The Hall–Kier alpha value is -1.35. The van der Waals surface area contributed by atoms with E-state index in [1.807, 2.05) is 24.3 Å². The van der Waals surface area contributed by atoms with Crippen LogP contribution in [0.1, 0.15) is 44.5 Å². The monoisotopic (exact) mass is 218 g/mol. The quantitative estimate of drug-likeness (QED) is 0.757. The predicted molar refractivity (Wildman–Crippen MR) is 65.2 cm³/mol.